The first-order valence-electron chi connectivity index (χ1n) is 14.7. The Bertz CT molecular complexity index is 1910. The van der Waals surface area contributed by atoms with Gasteiger partial charge < -0.3 is 9.47 Å². The number of carbonyl (C=O) groups is 2. The molecule has 4 nitrogen and oxygen atoms in total. The van der Waals surface area contributed by atoms with Gasteiger partial charge in [0.05, 0.1) is 5.41 Å². The van der Waals surface area contributed by atoms with Crippen molar-refractivity contribution in [1.29, 1.82) is 0 Å². The van der Waals surface area contributed by atoms with Crippen molar-refractivity contribution >= 4 is 33.5 Å². The maximum absolute atomic E-state index is 12.4. The molecule has 210 valence electrons. The van der Waals surface area contributed by atoms with Crippen LogP contribution in [0, 0.1) is 0 Å². The molecular formula is C39H30O4. The fourth-order valence-corrected chi connectivity index (χ4v) is 6.72. The minimum atomic E-state index is -0.715. The summed E-state index contributed by atoms with van der Waals surface area (Å²) in [5.41, 5.74) is 6.14. The van der Waals surface area contributed by atoms with Gasteiger partial charge in [0.25, 0.3) is 0 Å². The maximum atomic E-state index is 12.4. The van der Waals surface area contributed by atoms with Gasteiger partial charge in [-0.2, -0.15) is 0 Å². The molecule has 0 saturated carbocycles. The Morgan fingerprint density at radius 3 is 1.26 bits per heavy atom. The van der Waals surface area contributed by atoms with Crippen molar-refractivity contribution in [2.45, 2.75) is 32.1 Å². The number of fused-ring (bicyclic) bond motifs is 5. The molecule has 0 radical (unpaired) electrons. The third-order valence-electron chi connectivity index (χ3n) is 8.55. The predicted octanol–water partition coefficient (Wildman–Crippen LogP) is 8.99. The smallest absolute Gasteiger partial charge is 0.310 e. The second kappa shape index (κ2) is 10.6. The van der Waals surface area contributed by atoms with E-state index in [4.69, 9.17) is 9.47 Å². The van der Waals surface area contributed by atoms with E-state index in [-0.39, 0.29) is 11.9 Å². The Hall–Kier alpha value is -5.22. The van der Waals surface area contributed by atoms with Crippen molar-refractivity contribution in [3.63, 3.8) is 0 Å². The van der Waals surface area contributed by atoms with E-state index in [0.717, 1.165) is 32.7 Å². The average molecular weight is 563 g/mol. The van der Waals surface area contributed by atoms with Crippen molar-refractivity contribution in [3.8, 4) is 22.6 Å². The normalized spacial score (nSPS) is 13.0. The Kier molecular flexibility index (Phi) is 6.55. The molecule has 0 N–H and O–H groups in total. The first-order chi connectivity index (χ1) is 21.1. The number of benzene rings is 6. The lowest BCUT2D eigenvalue weighted by Crippen LogP contribution is -2.29. The summed E-state index contributed by atoms with van der Waals surface area (Å²) in [5.74, 6) is 0.556. The van der Waals surface area contributed by atoms with E-state index in [1.54, 1.807) is 13.8 Å². The van der Waals surface area contributed by atoms with Crippen LogP contribution in [0.3, 0.4) is 0 Å². The van der Waals surface area contributed by atoms with Crippen LogP contribution < -0.4 is 9.47 Å². The molecule has 7 rings (SSSR count). The summed E-state index contributed by atoms with van der Waals surface area (Å²) >= 11 is 0. The predicted molar refractivity (Wildman–Crippen MR) is 171 cm³/mol. The third-order valence-corrected chi connectivity index (χ3v) is 8.55. The Balaban J connectivity index is 1.63. The highest BCUT2D eigenvalue weighted by Crippen LogP contribution is 2.59. The van der Waals surface area contributed by atoms with E-state index in [2.05, 4.69) is 72.8 Å². The van der Waals surface area contributed by atoms with Gasteiger partial charge in [0, 0.05) is 23.6 Å². The van der Waals surface area contributed by atoms with Gasteiger partial charge in [-0.05, 0) is 56.3 Å². The summed E-state index contributed by atoms with van der Waals surface area (Å²) < 4.78 is 11.6. The monoisotopic (exact) mass is 562 g/mol. The minimum Gasteiger partial charge on any atom is -0.426 e. The maximum Gasteiger partial charge on any atom is 0.310 e. The molecule has 0 bridgehead atoms. The zero-order valence-corrected chi connectivity index (χ0v) is 24.1. The summed E-state index contributed by atoms with van der Waals surface area (Å²) in [6.45, 7) is 3.60. The van der Waals surface area contributed by atoms with Crippen LogP contribution >= 0.6 is 0 Å². The topological polar surface area (TPSA) is 52.6 Å². The number of hydrogen-bond acceptors (Lipinski definition) is 4. The van der Waals surface area contributed by atoms with Crippen LogP contribution in [-0.4, -0.2) is 11.9 Å². The molecule has 0 aliphatic heterocycles. The highest BCUT2D eigenvalue weighted by atomic mass is 16.5. The van der Waals surface area contributed by atoms with E-state index in [9.17, 15) is 9.59 Å². The molecule has 0 saturated heterocycles. The summed E-state index contributed by atoms with van der Waals surface area (Å²) in [7, 11) is 0. The molecule has 0 spiro atoms. The first-order valence-corrected chi connectivity index (χ1v) is 14.7. The molecule has 6 aromatic rings. The fourth-order valence-electron chi connectivity index (χ4n) is 6.72. The highest BCUT2D eigenvalue weighted by Gasteiger charge is 2.47. The van der Waals surface area contributed by atoms with Crippen LogP contribution in [0.1, 0.15) is 48.9 Å². The van der Waals surface area contributed by atoms with Gasteiger partial charge in [-0.3, -0.25) is 9.59 Å². The average Bonchev–Trinajstić information content (AvgIpc) is 3.36. The summed E-state index contributed by atoms with van der Waals surface area (Å²) in [5, 5.41) is 3.75. The quantitative estimate of drug-likeness (QED) is 0.150. The molecule has 1 aliphatic rings. The van der Waals surface area contributed by atoms with Gasteiger partial charge in [-0.15, -0.1) is 0 Å². The molecule has 43 heavy (non-hydrogen) atoms. The molecule has 0 fully saturated rings. The second-order valence-corrected chi connectivity index (χ2v) is 10.8. The van der Waals surface area contributed by atoms with E-state index in [0.29, 0.717) is 24.3 Å². The van der Waals surface area contributed by atoms with E-state index < -0.39 is 5.41 Å². The van der Waals surface area contributed by atoms with Crippen LogP contribution in [0.5, 0.6) is 11.5 Å². The van der Waals surface area contributed by atoms with Gasteiger partial charge in [0.15, 0.2) is 0 Å². The van der Waals surface area contributed by atoms with Crippen molar-refractivity contribution in [1.82, 2.24) is 0 Å². The van der Waals surface area contributed by atoms with Crippen molar-refractivity contribution in [2.75, 3.05) is 0 Å². The Labute approximate surface area is 250 Å². The molecular weight excluding hydrogens is 532 g/mol. The molecule has 0 heterocycles. The van der Waals surface area contributed by atoms with Crippen LogP contribution in [0.4, 0.5) is 0 Å². The molecule has 4 heteroatoms. The van der Waals surface area contributed by atoms with Crippen LogP contribution in [-0.2, 0) is 15.0 Å². The van der Waals surface area contributed by atoms with Crippen molar-refractivity contribution in [3.05, 3.63) is 144 Å². The Morgan fingerprint density at radius 1 is 0.465 bits per heavy atom. The van der Waals surface area contributed by atoms with E-state index in [1.807, 2.05) is 48.5 Å². The van der Waals surface area contributed by atoms with Crippen LogP contribution in [0.15, 0.2) is 121 Å². The van der Waals surface area contributed by atoms with Gasteiger partial charge in [0.1, 0.15) is 11.5 Å². The molecule has 0 unspecified atom stereocenters. The van der Waals surface area contributed by atoms with Crippen molar-refractivity contribution in [2.24, 2.45) is 0 Å². The lowest BCUT2D eigenvalue weighted by atomic mass is 9.65. The minimum absolute atomic E-state index is 0.271. The zero-order chi connectivity index (χ0) is 29.6. The van der Waals surface area contributed by atoms with E-state index >= 15 is 0 Å². The largest absolute Gasteiger partial charge is 0.426 e. The van der Waals surface area contributed by atoms with Crippen molar-refractivity contribution < 1.29 is 19.1 Å². The summed E-state index contributed by atoms with van der Waals surface area (Å²) in [4.78, 5) is 24.8. The lowest BCUT2D eigenvalue weighted by Gasteiger charge is -2.36. The lowest BCUT2D eigenvalue weighted by molar-refractivity contribution is -0.134. The SMILES string of the molecule is CCC(=O)Oc1ccc(C2(c3ccc(OC(=O)CC)c4ccccc34)c3ccccc3-c3ccccc32)c2ccccc12. The summed E-state index contributed by atoms with van der Waals surface area (Å²) in [6.07, 6.45) is 0.587. The van der Waals surface area contributed by atoms with Crippen LogP contribution in [0.2, 0.25) is 0 Å². The molecule has 0 amide bonds. The molecule has 1 aliphatic carbocycles. The van der Waals surface area contributed by atoms with Gasteiger partial charge in [0.2, 0.25) is 0 Å². The second-order valence-electron chi connectivity index (χ2n) is 10.8. The molecule has 0 atom stereocenters. The number of ether oxygens (including phenoxy) is 2. The molecule has 0 aromatic heterocycles. The number of carbonyl (C=O) groups excluding carboxylic acids is 2. The van der Waals surface area contributed by atoms with Gasteiger partial charge >= 0.3 is 11.9 Å². The Morgan fingerprint density at radius 2 is 0.837 bits per heavy atom. The summed E-state index contributed by atoms with van der Waals surface area (Å²) in [6, 6.07) is 41.5. The number of rotatable bonds is 6. The highest BCUT2D eigenvalue weighted by molar-refractivity contribution is 6.02. The fraction of sp³-hybridized carbons (Fsp3) is 0.128. The molecule has 6 aromatic carbocycles. The first kappa shape index (κ1) is 26.7. The zero-order valence-electron chi connectivity index (χ0n) is 24.1. The number of esters is 2. The van der Waals surface area contributed by atoms with Gasteiger partial charge in [-0.25, -0.2) is 0 Å². The number of hydrogen-bond donors (Lipinski definition) is 0. The van der Waals surface area contributed by atoms with Gasteiger partial charge in [-0.1, -0.05) is 123 Å². The standard InChI is InChI=1S/C39H30O4/c1-3-37(40)42-35-23-21-33(27-15-5-7-17-29(27)35)39(31-19-11-9-13-25(31)26-14-10-12-20-32(26)39)34-22-24-36(43-38(41)4-2)30-18-8-6-16-28(30)34/h5-24H,3-4H2,1-2H3. The third kappa shape index (κ3) is 4.05. The van der Waals surface area contributed by atoms with Crippen LogP contribution in [0.25, 0.3) is 32.7 Å². The van der Waals surface area contributed by atoms with E-state index in [1.165, 1.54) is 22.3 Å².